The topological polar surface area (TPSA) is 68.0 Å². The monoisotopic (exact) mass is 299 g/mol. The number of hydrogen-bond acceptors (Lipinski definition) is 4. The number of hydrogen-bond donors (Lipinski definition) is 2. The highest BCUT2D eigenvalue weighted by atomic mass is 35.5. The Bertz CT molecular complexity index is 461. The lowest BCUT2D eigenvalue weighted by Gasteiger charge is -2.28. The van der Waals surface area contributed by atoms with Crippen LogP contribution in [0.25, 0.3) is 0 Å². The summed E-state index contributed by atoms with van der Waals surface area (Å²) in [5.74, 6) is -0.183. The lowest BCUT2D eigenvalue weighted by molar-refractivity contribution is 0.0928. The first kappa shape index (κ1) is 14.5. The molecule has 4 nitrogen and oxygen atoms in total. The number of amides is 1. The molecule has 3 N–H and O–H groups in total. The molecule has 1 fully saturated rings. The normalized spacial score (nSPS) is 23.1. The minimum Gasteiger partial charge on any atom is -0.397 e. The van der Waals surface area contributed by atoms with E-state index in [2.05, 4.69) is 16.6 Å². The van der Waals surface area contributed by atoms with E-state index < -0.39 is 0 Å². The third kappa shape index (κ3) is 3.76. The average molecular weight is 300 g/mol. The number of nitrogens with two attached hydrogens (primary N) is 1. The zero-order valence-corrected chi connectivity index (χ0v) is 12.4. The third-order valence-corrected chi connectivity index (χ3v) is 4.89. The van der Waals surface area contributed by atoms with Crippen LogP contribution in [0.5, 0.6) is 0 Å². The SMILES string of the molecule is CSC1CCC(NC(=O)c2cc(N)cnc2Cl)CC1. The van der Waals surface area contributed by atoms with E-state index in [0.29, 0.717) is 11.3 Å². The van der Waals surface area contributed by atoms with Crippen molar-refractivity contribution in [2.24, 2.45) is 0 Å². The highest BCUT2D eigenvalue weighted by Gasteiger charge is 2.23. The maximum atomic E-state index is 12.1. The van der Waals surface area contributed by atoms with Crippen LogP contribution < -0.4 is 11.1 Å². The van der Waals surface area contributed by atoms with E-state index in [1.54, 1.807) is 6.07 Å². The van der Waals surface area contributed by atoms with Gasteiger partial charge in [0.25, 0.3) is 5.91 Å². The molecule has 1 heterocycles. The number of nitrogen functional groups attached to an aromatic ring is 1. The Kier molecular flexibility index (Phi) is 4.93. The van der Waals surface area contributed by atoms with Crippen LogP contribution in [0.1, 0.15) is 36.0 Å². The van der Waals surface area contributed by atoms with Crippen molar-refractivity contribution in [2.75, 3.05) is 12.0 Å². The summed E-state index contributed by atoms with van der Waals surface area (Å²) in [6.07, 6.45) is 7.92. The van der Waals surface area contributed by atoms with Crippen molar-refractivity contribution in [1.82, 2.24) is 10.3 Å². The number of anilines is 1. The number of thioether (sulfide) groups is 1. The summed E-state index contributed by atoms with van der Waals surface area (Å²) in [7, 11) is 0. The zero-order chi connectivity index (χ0) is 13.8. The van der Waals surface area contributed by atoms with Crippen LogP contribution >= 0.6 is 23.4 Å². The Balaban J connectivity index is 1.96. The van der Waals surface area contributed by atoms with Crippen molar-refractivity contribution in [3.05, 3.63) is 23.0 Å². The number of nitrogens with zero attached hydrogens (tertiary/aromatic N) is 1. The summed E-state index contributed by atoms with van der Waals surface area (Å²) in [6.45, 7) is 0. The first-order valence-electron chi connectivity index (χ1n) is 6.35. The van der Waals surface area contributed by atoms with Crippen LogP contribution in [0.15, 0.2) is 12.3 Å². The number of halogens is 1. The molecule has 19 heavy (non-hydrogen) atoms. The lowest BCUT2D eigenvalue weighted by Crippen LogP contribution is -2.38. The smallest absolute Gasteiger partial charge is 0.254 e. The van der Waals surface area contributed by atoms with E-state index in [-0.39, 0.29) is 17.1 Å². The van der Waals surface area contributed by atoms with Crippen molar-refractivity contribution >= 4 is 35.0 Å². The predicted molar refractivity (Wildman–Crippen MR) is 80.7 cm³/mol. The highest BCUT2D eigenvalue weighted by Crippen LogP contribution is 2.27. The van der Waals surface area contributed by atoms with Gasteiger partial charge in [-0.3, -0.25) is 4.79 Å². The highest BCUT2D eigenvalue weighted by molar-refractivity contribution is 7.99. The van der Waals surface area contributed by atoms with Gasteiger partial charge in [0.15, 0.2) is 0 Å². The van der Waals surface area contributed by atoms with Crippen LogP contribution in [0.3, 0.4) is 0 Å². The van der Waals surface area contributed by atoms with Gasteiger partial charge < -0.3 is 11.1 Å². The van der Waals surface area contributed by atoms with E-state index in [4.69, 9.17) is 17.3 Å². The Morgan fingerprint density at radius 2 is 2.16 bits per heavy atom. The third-order valence-electron chi connectivity index (χ3n) is 3.45. The Morgan fingerprint density at radius 3 is 2.79 bits per heavy atom. The summed E-state index contributed by atoms with van der Waals surface area (Å²) in [6, 6.07) is 1.80. The second kappa shape index (κ2) is 6.48. The van der Waals surface area contributed by atoms with Crippen LogP contribution in [0, 0.1) is 0 Å². The molecule has 0 aromatic carbocycles. The first-order chi connectivity index (χ1) is 9.10. The molecule has 1 aromatic rings. The van der Waals surface area contributed by atoms with Gasteiger partial charge in [0.05, 0.1) is 17.4 Å². The fourth-order valence-electron chi connectivity index (χ4n) is 2.33. The van der Waals surface area contributed by atoms with E-state index in [9.17, 15) is 4.79 Å². The van der Waals surface area contributed by atoms with Crippen LogP contribution in [0.4, 0.5) is 5.69 Å². The number of carbonyl (C=O) groups is 1. The standard InChI is InChI=1S/C13H18ClN3OS/c1-19-10-4-2-9(3-5-10)17-13(18)11-6-8(15)7-16-12(11)14/h6-7,9-10H,2-5,15H2,1H3,(H,17,18). The predicted octanol–water partition coefficient (Wildman–Crippen LogP) is 2.72. The molecule has 0 bridgehead atoms. The van der Waals surface area contributed by atoms with Gasteiger partial charge in [0, 0.05) is 11.3 Å². The molecule has 0 saturated heterocycles. The van der Waals surface area contributed by atoms with Crippen molar-refractivity contribution in [3.63, 3.8) is 0 Å². The van der Waals surface area contributed by atoms with Gasteiger partial charge in [-0.25, -0.2) is 4.98 Å². The molecule has 0 radical (unpaired) electrons. The fraction of sp³-hybridized carbons (Fsp3) is 0.538. The summed E-state index contributed by atoms with van der Waals surface area (Å²) in [5, 5.41) is 3.95. The van der Waals surface area contributed by atoms with Crippen molar-refractivity contribution in [2.45, 2.75) is 37.0 Å². The molecule has 0 unspecified atom stereocenters. The Labute approximate surface area is 122 Å². The summed E-state index contributed by atoms with van der Waals surface area (Å²) in [4.78, 5) is 16.0. The fourth-order valence-corrected chi connectivity index (χ4v) is 3.26. The number of pyridine rings is 1. The van der Waals surface area contributed by atoms with Gasteiger partial charge in [-0.15, -0.1) is 0 Å². The zero-order valence-electron chi connectivity index (χ0n) is 10.9. The van der Waals surface area contributed by atoms with E-state index in [0.717, 1.165) is 30.9 Å². The second-order valence-corrected chi connectivity index (χ2v) is 6.29. The quantitative estimate of drug-likeness (QED) is 0.842. The van der Waals surface area contributed by atoms with Gasteiger partial charge in [-0.1, -0.05) is 11.6 Å². The average Bonchev–Trinajstić information content (AvgIpc) is 2.42. The number of nitrogens with one attached hydrogen (secondary N) is 1. The first-order valence-corrected chi connectivity index (χ1v) is 8.01. The molecule has 6 heteroatoms. The molecule has 1 saturated carbocycles. The van der Waals surface area contributed by atoms with E-state index in [1.807, 2.05) is 11.8 Å². The van der Waals surface area contributed by atoms with Gasteiger partial charge >= 0.3 is 0 Å². The lowest BCUT2D eigenvalue weighted by atomic mass is 9.95. The van der Waals surface area contributed by atoms with Gasteiger partial charge in [-0.2, -0.15) is 11.8 Å². The second-order valence-electron chi connectivity index (χ2n) is 4.79. The molecular formula is C13H18ClN3OS. The van der Waals surface area contributed by atoms with Crippen LogP contribution in [-0.2, 0) is 0 Å². The minimum absolute atomic E-state index is 0.183. The number of rotatable bonds is 3. The molecule has 1 amide bonds. The summed E-state index contributed by atoms with van der Waals surface area (Å²) >= 11 is 7.83. The van der Waals surface area contributed by atoms with Crippen molar-refractivity contribution < 1.29 is 4.79 Å². The van der Waals surface area contributed by atoms with Gasteiger partial charge in [0.1, 0.15) is 5.15 Å². The molecular weight excluding hydrogens is 282 g/mol. The van der Waals surface area contributed by atoms with Gasteiger partial charge in [0.2, 0.25) is 0 Å². The molecule has 0 aliphatic heterocycles. The van der Waals surface area contributed by atoms with Crippen molar-refractivity contribution in [3.8, 4) is 0 Å². The molecule has 1 aliphatic rings. The summed E-state index contributed by atoms with van der Waals surface area (Å²) < 4.78 is 0. The maximum absolute atomic E-state index is 12.1. The molecule has 1 aliphatic carbocycles. The van der Waals surface area contributed by atoms with Crippen LogP contribution in [-0.4, -0.2) is 28.4 Å². The molecule has 104 valence electrons. The molecule has 0 spiro atoms. The largest absolute Gasteiger partial charge is 0.397 e. The summed E-state index contributed by atoms with van der Waals surface area (Å²) in [5.41, 5.74) is 6.43. The van der Waals surface area contributed by atoms with Crippen LogP contribution in [0.2, 0.25) is 5.15 Å². The minimum atomic E-state index is -0.183. The Morgan fingerprint density at radius 1 is 1.47 bits per heavy atom. The maximum Gasteiger partial charge on any atom is 0.254 e. The van der Waals surface area contributed by atoms with Crippen molar-refractivity contribution in [1.29, 1.82) is 0 Å². The number of carbonyl (C=O) groups excluding carboxylic acids is 1. The van der Waals surface area contributed by atoms with Gasteiger partial charge in [-0.05, 0) is 38.0 Å². The Hall–Kier alpha value is -0.940. The molecule has 1 aromatic heterocycles. The molecule has 2 rings (SSSR count). The number of aromatic nitrogens is 1. The molecule has 0 atom stereocenters. The van der Waals surface area contributed by atoms with E-state index >= 15 is 0 Å². The van der Waals surface area contributed by atoms with E-state index in [1.165, 1.54) is 6.20 Å².